The van der Waals surface area contributed by atoms with E-state index in [0.29, 0.717) is 10.9 Å². The van der Waals surface area contributed by atoms with E-state index in [9.17, 15) is 5.11 Å². The van der Waals surface area contributed by atoms with E-state index in [0.717, 1.165) is 30.9 Å². The van der Waals surface area contributed by atoms with Crippen LogP contribution < -0.4 is 0 Å². The first kappa shape index (κ1) is 13.4. The molecule has 2 saturated carbocycles. The molecule has 0 amide bonds. The number of aromatic nitrogens is 2. The summed E-state index contributed by atoms with van der Waals surface area (Å²) < 4.78 is 1.90. The summed E-state index contributed by atoms with van der Waals surface area (Å²) >= 11 is 6.31. The van der Waals surface area contributed by atoms with Crippen molar-refractivity contribution in [1.82, 2.24) is 9.78 Å². The third kappa shape index (κ3) is 2.43. The van der Waals surface area contributed by atoms with Crippen molar-refractivity contribution in [3.05, 3.63) is 16.9 Å². The van der Waals surface area contributed by atoms with Crippen LogP contribution in [0.15, 0.2) is 6.20 Å². The van der Waals surface area contributed by atoms with Gasteiger partial charge in [0.1, 0.15) is 5.60 Å². The maximum atomic E-state index is 11.1. The van der Waals surface area contributed by atoms with Crippen molar-refractivity contribution in [1.29, 1.82) is 0 Å². The molecule has 0 aliphatic heterocycles. The maximum Gasteiger partial charge on any atom is 0.108 e. The Morgan fingerprint density at radius 3 is 2.74 bits per heavy atom. The van der Waals surface area contributed by atoms with Gasteiger partial charge in [-0.3, -0.25) is 4.68 Å². The lowest BCUT2D eigenvalue weighted by molar-refractivity contribution is -0.0329. The first-order valence-corrected chi connectivity index (χ1v) is 7.85. The van der Waals surface area contributed by atoms with Crippen LogP contribution in [0.25, 0.3) is 0 Å². The van der Waals surface area contributed by atoms with Crippen LogP contribution in [-0.2, 0) is 5.60 Å². The van der Waals surface area contributed by atoms with E-state index in [-0.39, 0.29) is 6.04 Å². The molecule has 2 aliphatic rings. The van der Waals surface area contributed by atoms with Gasteiger partial charge < -0.3 is 5.11 Å². The Morgan fingerprint density at radius 2 is 2.11 bits per heavy atom. The summed E-state index contributed by atoms with van der Waals surface area (Å²) in [5.74, 6) is 1.52. The zero-order chi connectivity index (χ0) is 13.6. The van der Waals surface area contributed by atoms with Crippen LogP contribution in [0.5, 0.6) is 0 Å². The molecule has 4 heteroatoms. The van der Waals surface area contributed by atoms with Gasteiger partial charge in [0.05, 0.1) is 16.9 Å². The van der Waals surface area contributed by atoms with Crippen LogP contribution >= 0.6 is 11.6 Å². The van der Waals surface area contributed by atoms with E-state index in [4.69, 9.17) is 11.6 Å². The predicted molar refractivity (Wildman–Crippen MR) is 76.2 cm³/mol. The Labute approximate surface area is 120 Å². The number of hydrogen-bond acceptors (Lipinski definition) is 2. The molecule has 2 aliphatic carbocycles. The first-order chi connectivity index (χ1) is 9.01. The van der Waals surface area contributed by atoms with Crippen molar-refractivity contribution in [2.75, 3.05) is 0 Å². The number of aliphatic hydroxyl groups is 1. The van der Waals surface area contributed by atoms with Crippen molar-refractivity contribution >= 4 is 11.6 Å². The Balaban J connectivity index is 1.92. The zero-order valence-corrected chi connectivity index (χ0v) is 12.5. The van der Waals surface area contributed by atoms with Crippen molar-refractivity contribution < 1.29 is 5.11 Å². The highest BCUT2D eigenvalue weighted by Crippen LogP contribution is 2.50. The molecule has 3 rings (SSSR count). The van der Waals surface area contributed by atoms with E-state index in [1.54, 1.807) is 6.20 Å². The van der Waals surface area contributed by atoms with Gasteiger partial charge in [-0.2, -0.15) is 5.10 Å². The molecule has 1 heterocycles. The smallest absolute Gasteiger partial charge is 0.108 e. The van der Waals surface area contributed by atoms with Crippen LogP contribution in [-0.4, -0.2) is 14.9 Å². The fraction of sp³-hybridized carbons (Fsp3) is 0.800. The minimum absolute atomic E-state index is 0.229. The van der Waals surface area contributed by atoms with Crippen LogP contribution in [0.3, 0.4) is 0 Å². The van der Waals surface area contributed by atoms with Crippen molar-refractivity contribution in [2.45, 2.75) is 64.0 Å². The van der Waals surface area contributed by atoms with E-state index >= 15 is 0 Å². The van der Waals surface area contributed by atoms with Gasteiger partial charge in [0.15, 0.2) is 0 Å². The molecular formula is C15H23ClN2O. The second kappa shape index (κ2) is 4.78. The third-order valence-corrected chi connectivity index (χ3v) is 5.01. The maximum absolute atomic E-state index is 11.1. The zero-order valence-electron chi connectivity index (χ0n) is 11.8. The largest absolute Gasteiger partial charge is 0.384 e. The normalized spacial score (nSPS) is 31.9. The Morgan fingerprint density at radius 1 is 1.37 bits per heavy atom. The molecule has 19 heavy (non-hydrogen) atoms. The van der Waals surface area contributed by atoms with Gasteiger partial charge in [0.2, 0.25) is 0 Å². The molecule has 1 aromatic heterocycles. The number of rotatable bonds is 3. The Bertz CT molecular complexity index is 467. The predicted octanol–water partition coefficient (Wildman–Crippen LogP) is 3.91. The molecule has 2 fully saturated rings. The average Bonchev–Trinajstić information content (AvgIpc) is 3.12. The van der Waals surface area contributed by atoms with Gasteiger partial charge in [-0.05, 0) is 64.2 Å². The van der Waals surface area contributed by atoms with E-state index in [2.05, 4.69) is 18.9 Å². The first-order valence-electron chi connectivity index (χ1n) is 7.47. The minimum atomic E-state index is -0.774. The van der Waals surface area contributed by atoms with Crippen LogP contribution in [0.1, 0.15) is 64.1 Å². The average molecular weight is 283 g/mol. The standard InChI is InChI=1S/C15H23ClN2O/c1-10(2)18-14(13(16)9-17-18)15(19)7-3-4-12(8-15)11-5-6-11/h9-12,19H,3-8H2,1-2H3. The number of nitrogens with zero attached hydrogens (tertiary/aromatic N) is 2. The lowest BCUT2D eigenvalue weighted by Crippen LogP contribution is -2.36. The fourth-order valence-electron chi connectivity index (χ4n) is 3.65. The topological polar surface area (TPSA) is 38.0 Å². The monoisotopic (exact) mass is 282 g/mol. The highest BCUT2D eigenvalue weighted by atomic mass is 35.5. The van der Waals surface area contributed by atoms with Gasteiger partial charge in [0.25, 0.3) is 0 Å². The number of halogens is 1. The van der Waals surface area contributed by atoms with Gasteiger partial charge in [-0.25, -0.2) is 0 Å². The second-order valence-corrected chi connectivity index (χ2v) is 7.01. The highest BCUT2D eigenvalue weighted by molar-refractivity contribution is 6.31. The molecule has 0 bridgehead atoms. The van der Waals surface area contributed by atoms with E-state index < -0.39 is 5.60 Å². The van der Waals surface area contributed by atoms with E-state index in [1.165, 1.54) is 19.3 Å². The molecule has 106 valence electrons. The molecule has 0 saturated heterocycles. The Hall–Kier alpha value is -0.540. The molecule has 0 spiro atoms. The SMILES string of the molecule is CC(C)n1ncc(Cl)c1C1(O)CCCC(C2CC2)C1. The van der Waals surface area contributed by atoms with Gasteiger partial charge in [-0.15, -0.1) is 0 Å². The summed E-state index contributed by atoms with van der Waals surface area (Å²) in [4.78, 5) is 0. The summed E-state index contributed by atoms with van der Waals surface area (Å²) in [5, 5.41) is 16.1. The second-order valence-electron chi connectivity index (χ2n) is 6.60. The molecule has 2 unspecified atom stereocenters. The van der Waals surface area contributed by atoms with Crippen molar-refractivity contribution in [3.63, 3.8) is 0 Å². The quantitative estimate of drug-likeness (QED) is 0.913. The van der Waals surface area contributed by atoms with Crippen molar-refractivity contribution in [2.24, 2.45) is 11.8 Å². The lowest BCUT2D eigenvalue weighted by Gasteiger charge is -2.38. The lowest BCUT2D eigenvalue weighted by atomic mass is 9.74. The van der Waals surface area contributed by atoms with Crippen LogP contribution in [0, 0.1) is 11.8 Å². The van der Waals surface area contributed by atoms with Crippen LogP contribution in [0.4, 0.5) is 0 Å². The minimum Gasteiger partial charge on any atom is -0.384 e. The molecule has 1 N–H and O–H groups in total. The van der Waals surface area contributed by atoms with Gasteiger partial charge in [-0.1, -0.05) is 11.6 Å². The van der Waals surface area contributed by atoms with Gasteiger partial charge >= 0.3 is 0 Å². The molecule has 0 radical (unpaired) electrons. The molecule has 1 aromatic rings. The summed E-state index contributed by atoms with van der Waals surface area (Å²) in [7, 11) is 0. The molecule has 0 aromatic carbocycles. The summed E-state index contributed by atoms with van der Waals surface area (Å²) in [6.45, 7) is 4.16. The molecule has 2 atom stereocenters. The Kier molecular flexibility index (Phi) is 3.38. The van der Waals surface area contributed by atoms with Crippen molar-refractivity contribution in [3.8, 4) is 0 Å². The molecular weight excluding hydrogens is 260 g/mol. The third-order valence-electron chi connectivity index (χ3n) is 4.73. The fourth-order valence-corrected chi connectivity index (χ4v) is 3.95. The molecule has 3 nitrogen and oxygen atoms in total. The summed E-state index contributed by atoms with van der Waals surface area (Å²) in [6, 6.07) is 0.229. The van der Waals surface area contributed by atoms with E-state index in [1.807, 2.05) is 4.68 Å². The summed E-state index contributed by atoms with van der Waals surface area (Å²) in [5.41, 5.74) is 0.0677. The summed E-state index contributed by atoms with van der Waals surface area (Å²) in [6.07, 6.45) is 8.40. The van der Waals surface area contributed by atoms with Crippen LogP contribution in [0.2, 0.25) is 5.02 Å². The number of hydrogen-bond donors (Lipinski definition) is 1. The highest BCUT2D eigenvalue weighted by Gasteiger charge is 2.44. The van der Waals surface area contributed by atoms with Gasteiger partial charge in [0, 0.05) is 6.04 Å².